The molecule has 2 aromatic carbocycles. The molecule has 216 valence electrons. The standard InChI is InChI=1S/C28H26BrN3O3S.C2H3F3/c1-19-3-2-4-24(14-5-19)32(28-31-25(18-36-28)21-10-12-23(29)13-11-21)17-20-6-8-22(9-7-20)27(35)30-16-15-26(33)34;1-2(3,4)5/h2,4-14,18H,3,15-17H2,1H3,(H,30,35)(H,33,34);1H3. The number of nitrogens with zero attached hydrogens (tertiary/aromatic N) is 2. The number of carbonyl (C=O) groups excluding carboxylic acids is 1. The van der Waals surface area contributed by atoms with Crippen LogP contribution in [0, 0.1) is 0 Å². The van der Waals surface area contributed by atoms with Crippen LogP contribution in [0.1, 0.15) is 42.6 Å². The zero-order valence-corrected chi connectivity index (χ0v) is 24.8. The van der Waals surface area contributed by atoms with Crippen molar-refractivity contribution in [2.45, 2.75) is 39.4 Å². The van der Waals surface area contributed by atoms with Crippen LogP contribution in [0.3, 0.4) is 0 Å². The predicted molar refractivity (Wildman–Crippen MR) is 160 cm³/mol. The summed E-state index contributed by atoms with van der Waals surface area (Å²) >= 11 is 5.08. The maximum atomic E-state index is 12.3. The maximum Gasteiger partial charge on any atom is 0.386 e. The summed E-state index contributed by atoms with van der Waals surface area (Å²) in [6.07, 6.45) is 5.33. The van der Waals surface area contributed by atoms with Gasteiger partial charge >= 0.3 is 12.1 Å². The SMILES string of the molecule is CC(F)(F)F.CC1=CC=C(N(Cc2ccc(C(=O)NCCC(=O)O)cc2)c2nc(-c3ccc(Br)cc3)cs2)C=CC1. The number of anilines is 1. The number of allylic oxidation sites excluding steroid dienone is 5. The van der Waals surface area contributed by atoms with Crippen molar-refractivity contribution in [2.75, 3.05) is 11.4 Å². The number of aliphatic carboxylic acids is 1. The summed E-state index contributed by atoms with van der Waals surface area (Å²) in [6.45, 7) is 2.98. The van der Waals surface area contributed by atoms with E-state index in [1.807, 2.05) is 36.4 Å². The highest BCUT2D eigenvalue weighted by Gasteiger charge is 2.17. The van der Waals surface area contributed by atoms with Crippen LogP contribution in [0.2, 0.25) is 0 Å². The summed E-state index contributed by atoms with van der Waals surface area (Å²) in [5.41, 5.74) is 5.82. The molecule has 0 atom stereocenters. The summed E-state index contributed by atoms with van der Waals surface area (Å²) in [5, 5.41) is 14.3. The van der Waals surface area contributed by atoms with E-state index in [1.165, 1.54) is 5.57 Å². The molecule has 41 heavy (non-hydrogen) atoms. The van der Waals surface area contributed by atoms with Crippen LogP contribution in [0.25, 0.3) is 11.3 Å². The van der Waals surface area contributed by atoms with Crippen molar-refractivity contribution in [1.29, 1.82) is 0 Å². The lowest BCUT2D eigenvalue weighted by molar-refractivity contribution is -0.136. The van der Waals surface area contributed by atoms with Crippen LogP contribution < -0.4 is 10.2 Å². The zero-order chi connectivity index (χ0) is 30.0. The van der Waals surface area contributed by atoms with Gasteiger partial charge in [-0.25, -0.2) is 4.98 Å². The fraction of sp³-hybridized carbons (Fsp3) is 0.233. The highest BCUT2D eigenvalue weighted by atomic mass is 79.9. The molecular weight excluding hydrogens is 619 g/mol. The van der Waals surface area contributed by atoms with E-state index in [2.05, 4.69) is 62.8 Å². The van der Waals surface area contributed by atoms with Crippen molar-refractivity contribution >= 4 is 44.3 Å². The van der Waals surface area contributed by atoms with E-state index < -0.39 is 12.1 Å². The average molecular weight is 649 g/mol. The third-order valence-electron chi connectivity index (χ3n) is 5.62. The number of halogens is 4. The Kier molecular flexibility index (Phi) is 11.5. The van der Waals surface area contributed by atoms with Crippen LogP contribution in [0.15, 0.2) is 94.0 Å². The number of carbonyl (C=O) groups is 2. The number of carboxylic acids is 1. The summed E-state index contributed by atoms with van der Waals surface area (Å²) in [7, 11) is 0. The second kappa shape index (κ2) is 14.8. The summed E-state index contributed by atoms with van der Waals surface area (Å²) in [4.78, 5) is 30.1. The molecule has 1 aromatic heterocycles. The van der Waals surface area contributed by atoms with Gasteiger partial charge < -0.3 is 15.3 Å². The lowest BCUT2D eigenvalue weighted by Crippen LogP contribution is -2.26. The fourth-order valence-corrected chi connectivity index (χ4v) is 4.76. The second-order valence-corrected chi connectivity index (χ2v) is 10.9. The molecule has 3 aromatic rings. The van der Waals surface area contributed by atoms with E-state index in [0.29, 0.717) is 12.1 Å². The quantitative estimate of drug-likeness (QED) is 0.245. The molecule has 1 aliphatic rings. The molecule has 6 nitrogen and oxygen atoms in total. The van der Waals surface area contributed by atoms with Crippen molar-refractivity contribution in [3.63, 3.8) is 0 Å². The first kappa shape index (κ1) is 31.8. The van der Waals surface area contributed by atoms with Gasteiger partial charge in [0.1, 0.15) is 0 Å². The smallest absolute Gasteiger partial charge is 0.386 e. The number of rotatable bonds is 9. The van der Waals surface area contributed by atoms with E-state index in [4.69, 9.17) is 10.1 Å². The Balaban J connectivity index is 0.000000850. The molecule has 1 aliphatic carbocycles. The van der Waals surface area contributed by atoms with E-state index in [9.17, 15) is 22.8 Å². The highest BCUT2D eigenvalue weighted by Crippen LogP contribution is 2.32. The molecule has 0 saturated heterocycles. The van der Waals surface area contributed by atoms with Crippen molar-refractivity contribution in [3.05, 3.63) is 105 Å². The molecule has 11 heteroatoms. The number of thiazole rings is 1. The van der Waals surface area contributed by atoms with E-state index in [1.54, 1.807) is 23.5 Å². The molecule has 0 saturated carbocycles. The van der Waals surface area contributed by atoms with Gasteiger partial charge in [0.15, 0.2) is 5.13 Å². The molecule has 0 aliphatic heterocycles. The molecular formula is C30H29BrF3N3O3S. The van der Waals surface area contributed by atoms with Gasteiger partial charge in [0, 0.05) is 40.1 Å². The van der Waals surface area contributed by atoms with Gasteiger partial charge in [0.25, 0.3) is 5.91 Å². The Hall–Kier alpha value is -3.70. The Labute approximate surface area is 249 Å². The minimum atomic E-state index is -4.00. The number of nitrogens with one attached hydrogen (secondary N) is 1. The Morgan fingerprint density at radius 2 is 1.76 bits per heavy atom. The van der Waals surface area contributed by atoms with Gasteiger partial charge in [-0.1, -0.05) is 57.9 Å². The Morgan fingerprint density at radius 1 is 1.10 bits per heavy atom. The average Bonchev–Trinajstić information content (AvgIpc) is 3.29. The first-order chi connectivity index (χ1) is 19.4. The molecule has 0 fully saturated rings. The third-order valence-corrected chi connectivity index (χ3v) is 7.02. The van der Waals surface area contributed by atoms with E-state index >= 15 is 0 Å². The molecule has 0 spiro atoms. The molecule has 2 N–H and O–H groups in total. The molecule has 0 radical (unpaired) electrons. The normalized spacial score (nSPS) is 12.8. The first-order valence-corrected chi connectivity index (χ1v) is 14.2. The molecule has 0 bridgehead atoms. The lowest BCUT2D eigenvalue weighted by Gasteiger charge is -2.23. The molecule has 4 rings (SSSR count). The van der Waals surface area contributed by atoms with Crippen molar-refractivity contribution in [1.82, 2.24) is 10.3 Å². The number of amides is 1. The molecule has 1 amide bonds. The third kappa shape index (κ3) is 11.0. The van der Waals surface area contributed by atoms with Crippen LogP contribution in [0.5, 0.6) is 0 Å². The zero-order valence-electron chi connectivity index (χ0n) is 22.4. The van der Waals surface area contributed by atoms with Crippen molar-refractivity contribution in [2.24, 2.45) is 0 Å². The van der Waals surface area contributed by atoms with Crippen LogP contribution in [-0.2, 0) is 11.3 Å². The topological polar surface area (TPSA) is 82.5 Å². The van der Waals surface area contributed by atoms with Gasteiger partial charge in [-0.05, 0) is 55.3 Å². The monoisotopic (exact) mass is 647 g/mol. The number of hydrogen-bond acceptors (Lipinski definition) is 5. The fourth-order valence-electron chi connectivity index (χ4n) is 3.64. The minimum absolute atomic E-state index is 0.0991. The lowest BCUT2D eigenvalue weighted by atomic mass is 10.1. The van der Waals surface area contributed by atoms with Crippen LogP contribution >= 0.6 is 27.3 Å². The van der Waals surface area contributed by atoms with Gasteiger partial charge in [-0.15, -0.1) is 11.3 Å². The van der Waals surface area contributed by atoms with Gasteiger partial charge in [-0.2, -0.15) is 13.2 Å². The number of aromatic nitrogens is 1. The summed E-state index contributed by atoms with van der Waals surface area (Å²) in [5.74, 6) is -1.23. The first-order valence-electron chi connectivity index (χ1n) is 12.6. The highest BCUT2D eigenvalue weighted by molar-refractivity contribution is 9.10. The number of carboxylic acid groups (broad SMARTS) is 1. The number of benzene rings is 2. The van der Waals surface area contributed by atoms with Gasteiger partial charge in [0.2, 0.25) is 0 Å². The van der Waals surface area contributed by atoms with Gasteiger partial charge in [0.05, 0.1) is 18.7 Å². The minimum Gasteiger partial charge on any atom is -0.481 e. The van der Waals surface area contributed by atoms with Gasteiger partial charge in [-0.3, -0.25) is 9.59 Å². The number of hydrogen-bond donors (Lipinski definition) is 2. The molecule has 0 unspecified atom stereocenters. The van der Waals surface area contributed by atoms with E-state index in [-0.39, 0.29) is 25.8 Å². The van der Waals surface area contributed by atoms with Crippen molar-refractivity contribution < 1.29 is 27.9 Å². The maximum absolute atomic E-state index is 12.3. The van der Waals surface area contributed by atoms with Crippen molar-refractivity contribution in [3.8, 4) is 11.3 Å². The number of alkyl halides is 3. The Morgan fingerprint density at radius 3 is 2.39 bits per heavy atom. The summed E-state index contributed by atoms with van der Waals surface area (Å²) < 4.78 is 32.1. The second-order valence-electron chi connectivity index (χ2n) is 9.20. The summed E-state index contributed by atoms with van der Waals surface area (Å²) in [6, 6.07) is 15.5. The van der Waals surface area contributed by atoms with E-state index in [0.717, 1.165) is 38.5 Å². The molecule has 1 heterocycles. The van der Waals surface area contributed by atoms with Crippen LogP contribution in [-0.4, -0.2) is 34.7 Å². The Bertz CT molecular complexity index is 1420. The van der Waals surface area contributed by atoms with Crippen LogP contribution in [0.4, 0.5) is 18.3 Å². The predicted octanol–water partition coefficient (Wildman–Crippen LogP) is 8.14. The largest absolute Gasteiger partial charge is 0.481 e.